The molecule has 1 aromatic carbocycles. The molecule has 124 valence electrons. The lowest BCUT2D eigenvalue weighted by Gasteiger charge is -2.05. The van der Waals surface area contributed by atoms with Crippen molar-refractivity contribution >= 4 is 23.3 Å². The molecule has 3 aromatic rings. The van der Waals surface area contributed by atoms with Gasteiger partial charge in [0.25, 0.3) is 0 Å². The van der Waals surface area contributed by atoms with Gasteiger partial charge in [0, 0.05) is 31.1 Å². The van der Waals surface area contributed by atoms with Crippen molar-refractivity contribution in [1.29, 1.82) is 0 Å². The highest BCUT2D eigenvalue weighted by molar-refractivity contribution is 7.99. The van der Waals surface area contributed by atoms with Crippen LogP contribution >= 0.6 is 11.8 Å². The number of nitrogens with zero attached hydrogens (tertiary/aromatic N) is 2. The van der Waals surface area contributed by atoms with Crippen LogP contribution in [0.1, 0.15) is 16.8 Å². The molecular formula is C19H21N3OS. The van der Waals surface area contributed by atoms with Crippen molar-refractivity contribution in [2.45, 2.75) is 19.1 Å². The van der Waals surface area contributed by atoms with Gasteiger partial charge >= 0.3 is 0 Å². The molecule has 0 fully saturated rings. The van der Waals surface area contributed by atoms with Gasteiger partial charge < -0.3 is 9.72 Å². The van der Waals surface area contributed by atoms with Crippen molar-refractivity contribution < 1.29 is 4.79 Å². The van der Waals surface area contributed by atoms with Gasteiger partial charge in [0.15, 0.2) is 0 Å². The van der Waals surface area contributed by atoms with E-state index in [2.05, 4.69) is 41.5 Å². The first kappa shape index (κ1) is 16.6. The number of pyridine rings is 1. The summed E-state index contributed by atoms with van der Waals surface area (Å²) in [5.74, 6) is 1.43. The molecule has 0 aliphatic carbocycles. The Bertz CT molecular complexity index is 795. The maximum absolute atomic E-state index is 11.9. The quantitative estimate of drug-likeness (QED) is 0.719. The molecule has 0 radical (unpaired) electrons. The average molecular weight is 339 g/mol. The van der Waals surface area contributed by atoms with Crippen LogP contribution in [0.5, 0.6) is 0 Å². The van der Waals surface area contributed by atoms with Crippen LogP contribution in [0.2, 0.25) is 0 Å². The predicted octanol–water partition coefficient (Wildman–Crippen LogP) is 3.23. The smallest absolute Gasteiger partial charge is 0.230 e. The zero-order valence-corrected chi connectivity index (χ0v) is 14.6. The Morgan fingerprint density at radius 3 is 3.00 bits per heavy atom. The Labute approximate surface area is 146 Å². The third kappa shape index (κ3) is 4.61. The third-order valence-electron chi connectivity index (χ3n) is 3.70. The SMILES string of the molecule is Cc1cccc(CSCC(=O)NCCc2cn3ccccc3n2)c1. The first-order chi connectivity index (χ1) is 11.7. The zero-order valence-electron chi connectivity index (χ0n) is 13.7. The van der Waals surface area contributed by atoms with Crippen LogP contribution in [0.25, 0.3) is 5.65 Å². The molecule has 0 aliphatic heterocycles. The first-order valence-electron chi connectivity index (χ1n) is 8.03. The minimum atomic E-state index is 0.0800. The summed E-state index contributed by atoms with van der Waals surface area (Å²) in [5, 5.41) is 2.96. The fraction of sp³-hybridized carbons (Fsp3) is 0.263. The van der Waals surface area contributed by atoms with E-state index < -0.39 is 0 Å². The van der Waals surface area contributed by atoms with Gasteiger partial charge in [-0.25, -0.2) is 4.98 Å². The number of aryl methyl sites for hydroxylation is 1. The summed E-state index contributed by atoms with van der Waals surface area (Å²) >= 11 is 1.64. The Balaban J connectivity index is 1.38. The van der Waals surface area contributed by atoms with E-state index in [0.717, 1.165) is 23.5 Å². The normalized spacial score (nSPS) is 10.9. The van der Waals surface area contributed by atoms with Gasteiger partial charge in [0.1, 0.15) is 5.65 Å². The summed E-state index contributed by atoms with van der Waals surface area (Å²) < 4.78 is 1.99. The van der Waals surface area contributed by atoms with E-state index in [9.17, 15) is 4.79 Å². The summed E-state index contributed by atoms with van der Waals surface area (Å²) in [6.45, 7) is 2.70. The van der Waals surface area contributed by atoms with E-state index in [1.54, 1.807) is 11.8 Å². The summed E-state index contributed by atoms with van der Waals surface area (Å²) in [6, 6.07) is 14.3. The van der Waals surface area contributed by atoms with E-state index in [1.807, 2.05) is 35.0 Å². The summed E-state index contributed by atoms with van der Waals surface area (Å²) in [6.07, 6.45) is 4.73. The Morgan fingerprint density at radius 1 is 1.25 bits per heavy atom. The number of nitrogens with one attached hydrogen (secondary N) is 1. The van der Waals surface area contributed by atoms with Crippen LogP contribution in [-0.2, 0) is 17.0 Å². The number of hydrogen-bond donors (Lipinski definition) is 1. The van der Waals surface area contributed by atoms with Gasteiger partial charge in [0.05, 0.1) is 11.4 Å². The largest absolute Gasteiger partial charge is 0.355 e. The van der Waals surface area contributed by atoms with Crippen molar-refractivity contribution in [2.24, 2.45) is 0 Å². The minimum Gasteiger partial charge on any atom is -0.355 e. The van der Waals surface area contributed by atoms with Crippen LogP contribution in [-0.4, -0.2) is 27.6 Å². The summed E-state index contributed by atoms with van der Waals surface area (Å²) in [4.78, 5) is 16.4. The number of carbonyl (C=O) groups is 1. The van der Waals surface area contributed by atoms with Crippen molar-refractivity contribution in [3.05, 3.63) is 71.7 Å². The lowest BCUT2D eigenvalue weighted by Crippen LogP contribution is -2.27. The fourth-order valence-corrected chi connectivity index (χ4v) is 3.36. The molecule has 4 nitrogen and oxygen atoms in total. The Hall–Kier alpha value is -2.27. The first-order valence-corrected chi connectivity index (χ1v) is 9.19. The standard InChI is InChI=1S/C19H21N3OS/c1-15-5-4-6-16(11-15)13-24-14-19(23)20-9-8-17-12-22-10-3-2-7-18(22)21-17/h2-7,10-12H,8-9,13-14H2,1H3,(H,20,23). The second kappa shape index (κ2) is 8.02. The Morgan fingerprint density at radius 2 is 2.17 bits per heavy atom. The van der Waals surface area contributed by atoms with E-state index in [4.69, 9.17) is 0 Å². The van der Waals surface area contributed by atoms with Crippen LogP contribution in [0, 0.1) is 6.92 Å². The molecule has 5 heteroatoms. The highest BCUT2D eigenvalue weighted by Crippen LogP contribution is 2.13. The highest BCUT2D eigenvalue weighted by atomic mass is 32.2. The van der Waals surface area contributed by atoms with Crippen LogP contribution in [0.3, 0.4) is 0 Å². The molecule has 2 heterocycles. The average Bonchev–Trinajstić information content (AvgIpc) is 2.97. The van der Waals surface area contributed by atoms with E-state index in [1.165, 1.54) is 11.1 Å². The molecule has 3 rings (SSSR count). The monoisotopic (exact) mass is 339 g/mol. The molecule has 0 saturated carbocycles. The molecular weight excluding hydrogens is 318 g/mol. The van der Waals surface area contributed by atoms with Gasteiger partial charge in [-0.05, 0) is 24.6 Å². The number of benzene rings is 1. The lowest BCUT2D eigenvalue weighted by atomic mass is 10.2. The molecule has 0 aliphatic rings. The van der Waals surface area contributed by atoms with Crippen LogP contribution in [0.15, 0.2) is 54.9 Å². The van der Waals surface area contributed by atoms with E-state index in [-0.39, 0.29) is 5.91 Å². The maximum atomic E-state index is 11.9. The zero-order chi connectivity index (χ0) is 16.8. The van der Waals surface area contributed by atoms with Gasteiger partial charge in [-0.1, -0.05) is 35.9 Å². The molecule has 2 aromatic heterocycles. The molecule has 1 N–H and O–H groups in total. The van der Waals surface area contributed by atoms with E-state index in [0.29, 0.717) is 12.3 Å². The van der Waals surface area contributed by atoms with Gasteiger partial charge in [0.2, 0.25) is 5.91 Å². The molecule has 0 unspecified atom stereocenters. The number of rotatable bonds is 7. The maximum Gasteiger partial charge on any atom is 0.230 e. The fourth-order valence-electron chi connectivity index (χ4n) is 2.55. The Kier molecular flexibility index (Phi) is 5.54. The predicted molar refractivity (Wildman–Crippen MR) is 99.2 cm³/mol. The lowest BCUT2D eigenvalue weighted by molar-refractivity contribution is -0.118. The van der Waals surface area contributed by atoms with Crippen molar-refractivity contribution in [1.82, 2.24) is 14.7 Å². The molecule has 0 bridgehead atoms. The molecule has 0 atom stereocenters. The van der Waals surface area contributed by atoms with Crippen molar-refractivity contribution in [3.63, 3.8) is 0 Å². The number of amides is 1. The number of hydrogen-bond acceptors (Lipinski definition) is 3. The van der Waals surface area contributed by atoms with Gasteiger partial charge in [-0.3, -0.25) is 4.79 Å². The number of fused-ring (bicyclic) bond motifs is 1. The highest BCUT2D eigenvalue weighted by Gasteiger charge is 2.04. The topological polar surface area (TPSA) is 46.4 Å². The number of thioether (sulfide) groups is 1. The third-order valence-corrected chi connectivity index (χ3v) is 4.71. The van der Waals surface area contributed by atoms with E-state index >= 15 is 0 Å². The summed E-state index contributed by atoms with van der Waals surface area (Å²) in [5.41, 5.74) is 4.45. The molecule has 24 heavy (non-hydrogen) atoms. The second-order valence-corrected chi connectivity index (χ2v) is 6.77. The molecule has 1 amide bonds. The second-order valence-electron chi connectivity index (χ2n) is 5.78. The van der Waals surface area contributed by atoms with Gasteiger partial charge in [-0.2, -0.15) is 0 Å². The molecule has 0 saturated heterocycles. The van der Waals surface area contributed by atoms with Crippen LogP contribution < -0.4 is 5.32 Å². The van der Waals surface area contributed by atoms with Crippen LogP contribution in [0.4, 0.5) is 0 Å². The molecule has 0 spiro atoms. The van der Waals surface area contributed by atoms with Crippen molar-refractivity contribution in [3.8, 4) is 0 Å². The van der Waals surface area contributed by atoms with Crippen molar-refractivity contribution in [2.75, 3.05) is 12.3 Å². The van der Waals surface area contributed by atoms with Gasteiger partial charge in [-0.15, -0.1) is 11.8 Å². The summed E-state index contributed by atoms with van der Waals surface area (Å²) in [7, 11) is 0. The number of aromatic nitrogens is 2. The number of carbonyl (C=O) groups excluding carboxylic acids is 1. The number of imidazole rings is 1. The minimum absolute atomic E-state index is 0.0800.